The van der Waals surface area contributed by atoms with Crippen LogP contribution < -0.4 is 4.90 Å². The zero-order valence-corrected chi connectivity index (χ0v) is 15.2. The molecule has 5 heteroatoms. The van der Waals surface area contributed by atoms with Crippen LogP contribution in [0.2, 0.25) is 0 Å². The summed E-state index contributed by atoms with van der Waals surface area (Å²) >= 11 is 3.17. The largest absolute Gasteiger partial charge is 0.368 e. The molecule has 1 aliphatic rings. The number of hydrogen-bond acceptors (Lipinski definition) is 2. The first-order chi connectivity index (χ1) is 11.5. The first-order valence-corrected chi connectivity index (χ1v) is 8.86. The molecule has 2 aromatic carbocycles. The predicted molar refractivity (Wildman–Crippen MR) is 97.8 cm³/mol. The van der Waals surface area contributed by atoms with Crippen LogP contribution in [0.3, 0.4) is 0 Å². The van der Waals surface area contributed by atoms with Crippen LogP contribution in [0, 0.1) is 12.7 Å². The summed E-state index contributed by atoms with van der Waals surface area (Å²) in [6, 6.07) is 13.1. The minimum absolute atomic E-state index is 0.0953. The van der Waals surface area contributed by atoms with Crippen LogP contribution >= 0.6 is 15.9 Å². The molecule has 0 aromatic heterocycles. The fraction of sp³-hybridized carbons (Fsp3) is 0.316. The topological polar surface area (TPSA) is 23.6 Å². The van der Waals surface area contributed by atoms with Gasteiger partial charge in [0, 0.05) is 31.9 Å². The maximum atomic E-state index is 13.3. The van der Waals surface area contributed by atoms with Gasteiger partial charge in [0.15, 0.2) is 0 Å². The third kappa shape index (κ3) is 3.78. The number of hydrogen-bond donors (Lipinski definition) is 0. The van der Waals surface area contributed by atoms with Gasteiger partial charge in [-0.05, 0) is 52.2 Å². The molecule has 0 spiro atoms. The monoisotopic (exact) mass is 390 g/mol. The van der Waals surface area contributed by atoms with Gasteiger partial charge >= 0.3 is 0 Å². The van der Waals surface area contributed by atoms with Gasteiger partial charge in [-0.15, -0.1) is 0 Å². The number of amides is 1. The molecular weight excluding hydrogens is 371 g/mol. The van der Waals surface area contributed by atoms with Crippen molar-refractivity contribution in [1.29, 1.82) is 0 Å². The van der Waals surface area contributed by atoms with E-state index in [9.17, 15) is 9.18 Å². The van der Waals surface area contributed by atoms with Crippen LogP contribution in [0.4, 0.5) is 10.1 Å². The van der Waals surface area contributed by atoms with Crippen LogP contribution in [0.1, 0.15) is 11.1 Å². The number of carbonyl (C=O) groups excluding carboxylic acids is 1. The minimum Gasteiger partial charge on any atom is -0.368 e. The van der Waals surface area contributed by atoms with E-state index in [0.717, 1.165) is 31.7 Å². The second-order valence-electron chi connectivity index (χ2n) is 6.08. The molecule has 1 saturated heterocycles. The summed E-state index contributed by atoms with van der Waals surface area (Å²) in [5, 5.41) is 0. The molecule has 0 N–H and O–H groups in total. The lowest BCUT2D eigenvalue weighted by Gasteiger charge is -2.37. The molecule has 3 rings (SSSR count). The van der Waals surface area contributed by atoms with Gasteiger partial charge in [0.25, 0.3) is 0 Å². The van der Waals surface area contributed by atoms with Gasteiger partial charge < -0.3 is 9.80 Å². The third-order valence-corrected chi connectivity index (χ3v) is 5.04. The van der Waals surface area contributed by atoms with E-state index in [2.05, 4.69) is 39.9 Å². The summed E-state index contributed by atoms with van der Waals surface area (Å²) in [5.74, 6) is -0.212. The molecule has 0 unspecified atom stereocenters. The highest BCUT2D eigenvalue weighted by Crippen LogP contribution is 2.21. The quantitative estimate of drug-likeness (QED) is 0.795. The molecular formula is C19H20BrFN2O. The molecule has 1 amide bonds. The van der Waals surface area contributed by atoms with Gasteiger partial charge in [0.1, 0.15) is 5.82 Å². The zero-order valence-electron chi connectivity index (χ0n) is 13.6. The highest BCUT2D eigenvalue weighted by molar-refractivity contribution is 9.10. The second-order valence-corrected chi connectivity index (χ2v) is 6.93. The van der Waals surface area contributed by atoms with Gasteiger partial charge in [-0.25, -0.2) is 4.39 Å². The average Bonchev–Trinajstić information content (AvgIpc) is 2.59. The van der Waals surface area contributed by atoms with Crippen LogP contribution in [0.5, 0.6) is 0 Å². The number of benzene rings is 2. The molecule has 0 aliphatic carbocycles. The van der Waals surface area contributed by atoms with Crippen molar-refractivity contribution < 1.29 is 9.18 Å². The van der Waals surface area contributed by atoms with Crippen molar-refractivity contribution in [1.82, 2.24) is 4.90 Å². The predicted octanol–water partition coefficient (Wildman–Crippen LogP) is 3.79. The van der Waals surface area contributed by atoms with Crippen LogP contribution in [-0.2, 0) is 11.2 Å². The Kier molecular flexibility index (Phi) is 5.19. The molecule has 1 aliphatic heterocycles. The van der Waals surface area contributed by atoms with E-state index < -0.39 is 0 Å². The average molecular weight is 391 g/mol. The lowest BCUT2D eigenvalue weighted by atomic mass is 10.1. The summed E-state index contributed by atoms with van der Waals surface area (Å²) in [5.41, 5.74) is 3.33. The lowest BCUT2D eigenvalue weighted by molar-refractivity contribution is -0.130. The Morgan fingerprint density at radius 2 is 1.83 bits per heavy atom. The van der Waals surface area contributed by atoms with Crippen molar-refractivity contribution in [3.05, 3.63) is 63.9 Å². The Balaban J connectivity index is 1.59. The molecule has 0 saturated carbocycles. The first kappa shape index (κ1) is 17.0. The smallest absolute Gasteiger partial charge is 0.227 e. The maximum absolute atomic E-state index is 13.3. The summed E-state index contributed by atoms with van der Waals surface area (Å²) in [6.45, 7) is 5.22. The zero-order chi connectivity index (χ0) is 17.1. The van der Waals surface area contributed by atoms with Gasteiger partial charge in [-0.1, -0.05) is 24.3 Å². The van der Waals surface area contributed by atoms with Crippen LogP contribution in [0.15, 0.2) is 46.9 Å². The summed E-state index contributed by atoms with van der Waals surface area (Å²) in [7, 11) is 0. The number of piperazine rings is 1. The Bertz CT molecular complexity index is 742. The summed E-state index contributed by atoms with van der Waals surface area (Å²) < 4.78 is 13.7. The highest BCUT2D eigenvalue weighted by Gasteiger charge is 2.22. The van der Waals surface area contributed by atoms with E-state index in [1.54, 1.807) is 12.1 Å². The molecule has 1 heterocycles. The van der Waals surface area contributed by atoms with E-state index in [1.807, 2.05) is 17.0 Å². The fourth-order valence-electron chi connectivity index (χ4n) is 3.05. The van der Waals surface area contributed by atoms with Crippen LogP contribution in [0.25, 0.3) is 0 Å². The van der Waals surface area contributed by atoms with Crippen molar-refractivity contribution in [3.63, 3.8) is 0 Å². The summed E-state index contributed by atoms with van der Waals surface area (Å²) in [4.78, 5) is 16.7. The van der Waals surface area contributed by atoms with E-state index in [0.29, 0.717) is 10.9 Å². The van der Waals surface area contributed by atoms with Crippen molar-refractivity contribution >= 4 is 27.5 Å². The first-order valence-electron chi connectivity index (χ1n) is 8.07. The van der Waals surface area contributed by atoms with Crippen LogP contribution in [-0.4, -0.2) is 37.0 Å². The fourth-order valence-corrected chi connectivity index (χ4v) is 3.48. The second kappa shape index (κ2) is 7.34. The molecule has 0 atom stereocenters. The van der Waals surface area contributed by atoms with E-state index in [4.69, 9.17) is 0 Å². The molecule has 2 aromatic rings. The number of halogens is 2. The Hall–Kier alpha value is -1.88. The van der Waals surface area contributed by atoms with Gasteiger partial charge in [-0.3, -0.25) is 4.79 Å². The normalized spacial score (nSPS) is 14.8. The number of nitrogens with zero attached hydrogens (tertiary/aromatic N) is 2. The lowest BCUT2D eigenvalue weighted by Crippen LogP contribution is -2.49. The highest BCUT2D eigenvalue weighted by atomic mass is 79.9. The third-order valence-electron chi connectivity index (χ3n) is 4.43. The minimum atomic E-state index is -0.307. The molecule has 24 heavy (non-hydrogen) atoms. The molecule has 1 fully saturated rings. The van der Waals surface area contributed by atoms with Gasteiger partial charge in [-0.2, -0.15) is 0 Å². The summed E-state index contributed by atoms with van der Waals surface area (Å²) in [6.07, 6.45) is 0.309. The van der Waals surface area contributed by atoms with E-state index >= 15 is 0 Å². The van der Waals surface area contributed by atoms with Gasteiger partial charge in [0.05, 0.1) is 10.9 Å². The number of carbonyl (C=O) groups is 1. The molecule has 126 valence electrons. The standard InChI is InChI=1S/C19H20BrFN2O/c1-14-4-2-3-5-18(14)22-8-10-23(11-9-22)19(24)13-15-6-7-17(21)16(20)12-15/h2-7,12H,8-11,13H2,1H3. The maximum Gasteiger partial charge on any atom is 0.227 e. The Labute approximate surface area is 150 Å². The Morgan fingerprint density at radius 1 is 1.12 bits per heavy atom. The molecule has 0 radical (unpaired) electrons. The number of rotatable bonds is 3. The number of para-hydroxylation sites is 1. The van der Waals surface area contributed by atoms with Crippen molar-refractivity contribution in [2.75, 3.05) is 31.1 Å². The van der Waals surface area contributed by atoms with E-state index in [-0.39, 0.29) is 11.7 Å². The Morgan fingerprint density at radius 3 is 2.50 bits per heavy atom. The molecule has 3 nitrogen and oxygen atoms in total. The van der Waals surface area contributed by atoms with Crippen molar-refractivity contribution in [3.8, 4) is 0 Å². The van der Waals surface area contributed by atoms with Crippen molar-refractivity contribution in [2.45, 2.75) is 13.3 Å². The van der Waals surface area contributed by atoms with E-state index in [1.165, 1.54) is 17.3 Å². The van der Waals surface area contributed by atoms with Gasteiger partial charge in [0.2, 0.25) is 5.91 Å². The number of aryl methyl sites for hydroxylation is 1. The number of anilines is 1. The van der Waals surface area contributed by atoms with Crippen molar-refractivity contribution in [2.24, 2.45) is 0 Å². The SMILES string of the molecule is Cc1ccccc1N1CCN(C(=O)Cc2ccc(F)c(Br)c2)CC1. The molecule has 0 bridgehead atoms.